The second-order valence-electron chi connectivity index (χ2n) is 13.4. The number of fused-ring (bicyclic) bond motifs is 5. The first kappa shape index (κ1) is 27.8. The van der Waals surface area contributed by atoms with Crippen LogP contribution in [0.4, 0.5) is 0 Å². The van der Waals surface area contributed by atoms with Gasteiger partial charge >= 0.3 is 5.97 Å². The zero-order valence-corrected chi connectivity index (χ0v) is 23.3. The van der Waals surface area contributed by atoms with Crippen molar-refractivity contribution in [2.75, 3.05) is 13.7 Å². The third kappa shape index (κ3) is 4.02. The Kier molecular flexibility index (Phi) is 7.04. The molecule has 6 rings (SSSR count). The van der Waals surface area contributed by atoms with E-state index in [1.165, 1.54) is 13.4 Å². The largest absolute Gasteiger partial charge is 0.458 e. The Labute approximate surface area is 230 Å². The third-order valence-corrected chi connectivity index (χ3v) is 12.1. The monoisotopic (exact) mass is 548 g/mol. The summed E-state index contributed by atoms with van der Waals surface area (Å²) in [5.74, 6) is 0.152. The molecule has 1 saturated heterocycles. The Bertz CT molecular complexity index is 1010. The average molecular weight is 549 g/mol. The standard InChI is InChI=1S/C30H44O9/c1-16-24(33)26(36-3)25(34)27(38-16)39-19-6-10-29(15-31)18(13-19)4-5-22-21(29)7-9-28(2)20(8-11-30(22,28)35)17-12-23(32)37-14-17/h12,15-16,18-22,24-27,33-35H,4-11,13-14H2,1-3H3/t16-,18+,19+,20+,21-,22+,24+,25-,26-,27-,28+,29+,30+/m0/s1. The maximum Gasteiger partial charge on any atom is 0.331 e. The van der Waals surface area contributed by atoms with Crippen LogP contribution in [0.1, 0.15) is 71.6 Å². The lowest BCUT2D eigenvalue weighted by atomic mass is 9.43. The molecule has 4 saturated carbocycles. The lowest BCUT2D eigenvalue weighted by molar-refractivity contribution is -0.312. The number of ether oxygens (including phenoxy) is 4. The van der Waals surface area contributed by atoms with E-state index in [1.807, 2.05) is 0 Å². The van der Waals surface area contributed by atoms with E-state index < -0.39 is 41.7 Å². The topological polar surface area (TPSA) is 132 Å². The maximum absolute atomic E-state index is 13.0. The minimum absolute atomic E-state index is 0.0482. The highest BCUT2D eigenvalue weighted by Crippen LogP contribution is 2.69. The summed E-state index contributed by atoms with van der Waals surface area (Å²) in [7, 11) is 1.46. The summed E-state index contributed by atoms with van der Waals surface area (Å²) in [4.78, 5) is 24.8. The first-order valence-electron chi connectivity index (χ1n) is 14.8. The van der Waals surface area contributed by atoms with Gasteiger partial charge in [-0.15, -0.1) is 0 Å². The predicted molar refractivity (Wildman–Crippen MR) is 138 cm³/mol. The SMILES string of the molecule is CO[C@@H]1[C@H](O)[C@H](O[C@@H]2CC[C@@]3(C=O)[C@H](CC[C@@H]4[C@@H]3CC[C@]3(C)[C@@H](C5=CC(=O)OC5)CC[C@@]43O)C2)O[C@@H](C)[C@H]1O. The molecule has 0 aromatic rings. The number of cyclic esters (lactones) is 1. The Hall–Kier alpha value is -1.36. The fourth-order valence-electron chi connectivity index (χ4n) is 10.00. The zero-order chi connectivity index (χ0) is 27.7. The van der Waals surface area contributed by atoms with Crippen LogP contribution in [0.3, 0.4) is 0 Å². The number of carbonyl (C=O) groups is 2. The molecule has 9 heteroatoms. The Morgan fingerprint density at radius 3 is 2.54 bits per heavy atom. The molecule has 218 valence electrons. The number of rotatable bonds is 5. The molecule has 0 aromatic heterocycles. The van der Waals surface area contributed by atoms with Crippen molar-refractivity contribution in [2.24, 2.45) is 34.5 Å². The molecule has 0 amide bonds. The van der Waals surface area contributed by atoms with E-state index in [0.717, 1.165) is 37.7 Å². The molecule has 9 nitrogen and oxygen atoms in total. The van der Waals surface area contributed by atoms with Crippen molar-refractivity contribution in [3.63, 3.8) is 0 Å². The minimum Gasteiger partial charge on any atom is -0.458 e. The van der Waals surface area contributed by atoms with E-state index in [2.05, 4.69) is 6.92 Å². The second kappa shape index (κ2) is 9.88. The molecule has 5 fully saturated rings. The molecule has 2 aliphatic heterocycles. The van der Waals surface area contributed by atoms with Crippen LogP contribution >= 0.6 is 0 Å². The fraction of sp³-hybridized carbons (Fsp3) is 0.867. The van der Waals surface area contributed by atoms with Gasteiger partial charge in [-0.25, -0.2) is 4.79 Å². The second-order valence-corrected chi connectivity index (χ2v) is 13.4. The molecule has 4 aliphatic carbocycles. The Morgan fingerprint density at radius 2 is 1.85 bits per heavy atom. The molecule has 0 unspecified atom stereocenters. The van der Waals surface area contributed by atoms with Crippen LogP contribution in [0.25, 0.3) is 0 Å². The molecular weight excluding hydrogens is 504 g/mol. The van der Waals surface area contributed by atoms with E-state index in [4.69, 9.17) is 18.9 Å². The molecule has 6 aliphatic rings. The van der Waals surface area contributed by atoms with Crippen molar-refractivity contribution in [1.82, 2.24) is 0 Å². The van der Waals surface area contributed by atoms with Gasteiger partial charge in [0.05, 0.1) is 17.8 Å². The molecule has 0 radical (unpaired) electrons. The van der Waals surface area contributed by atoms with Crippen LogP contribution in [0, 0.1) is 34.5 Å². The van der Waals surface area contributed by atoms with E-state index >= 15 is 0 Å². The van der Waals surface area contributed by atoms with Gasteiger partial charge in [0.2, 0.25) is 0 Å². The predicted octanol–water partition coefficient (Wildman–Crippen LogP) is 2.29. The van der Waals surface area contributed by atoms with E-state index in [1.54, 1.807) is 13.0 Å². The van der Waals surface area contributed by atoms with Crippen molar-refractivity contribution >= 4 is 12.3 Å². The number of aliphatic hydroxyl groups is 3. The summed E-state index contributed by atoms with van der Waals surface area (Å²) in [5.41, 5.74) is -0.682. The highest BCUT2D eigenvalue weighted by molar-refractivity contribution is 5.85. The van der Waals surface area contributed by atoms with Gasteiger partial charge in [0.1, 0.15) is 31.2 Å². The highest BCUT2D eigenvalue weighted by Gasteiger charge is 2.68. The summed E-state index contributed by atoms with van der Waals surface area (Å²) in [5, 5.41) is 33.4. The fourth-order valence-corrected chi connectivity index (χ4v) is 10.00. The normalized spacial score (nSPS) is 53.3. The average Bonchev–Trinajstić information content (AvgIpc) is 3.47. The van der Waals surface area contributed by atoms with Crippen molar-refractivity contribution in [1.29, 1.82) is 0 Å². The maximum atomic E-state index is 13.0. The summed E-state index contributed by atoms with van der Waals surface area (Å²) in [6, 6.07) is 0. The van der Waals surface area contributed by atoms with Crippen molar-refractivity contribution < 1.29 is 43.9 Å². The summed E-state index contributed by atoms with van der Waals surface area (Å²) in [6.07, 6.45) is 5.39. The number of hydrogen-bond donors (Lipinski definition) is 3. The molecule has 0 aromatic carbocycles. The van der Waals surface area contributed by atoms with Crippen LogP contribution in [0.5, 0.6) is 0 Å². The van der Waals surface area contributed by atoms with Gasteiger partial charge in [-0.3, -0.25) is 0 Å². The lowest BCUT2D eigenvalue weighted by Crippen LogP contribution is -2.63. The van der Waals surface area contributed by atoms with E-state index in [-0.39, 0.29) is 41.2 Å². The van der Waals surface area contributed by atoms with Crippen molar-refractivity contribution in [3.8, 4) is 0 Å². The number of carbonyl (C=O) groups excluding carboxylic acids is 2. The van der Waals surface area contributed by atoms with E-state index in [0.29, 0.717) is 32.3 Å². The molecule has 3 N–H and O–H groups in total. The first-order valence-corrected chi connectivity index (χ1v) is 14.8. The zero-order valence-electron chi connectivity index (χ0n) is 23.3. The smallest absolute Gasteiger partial charge is 0.331 e. The summed E-state index contributed by atoms with van der Waals surface area (Å²) in [6.45, 7) is 4.25. The van der Waals surface area contributed by atoms with Crippen LogP contribution in [0.2, 0.25) is 0 Å². The van der Waals surface area contributed by atoms with Crippen LogP contribution in [-0.4, -0.2) is 83.7 Å². The number of esters is 1. The first-order chi connectivity index (χ1) is 18.6. The number of aliphatic hydroxyl groups excluding tert-OH is 2. The quantitative estimate of drug-likeness (QED) is 0.269. The van der Waals surface area contributed by atoms with Gasteiger partial charge in [0.15, 0.2) is 6.29 Å². The molecule has 0 spiro atoms. The van der Waals surface area contributed by atoms with Crippen LogP contribution in [-0.2, 0) is 28.5 Å². The molecule has 0 bridgehead atoms. The Balaban J connectivity index is 1.18. The van der Waals surface area contributed by atoms with Crippen LogP contribution < -0.4 is 0 Å². The number of methoxy groups -OCH3 is 1. The van der Waals surface area contributed by atoms with Gasteiger partial charge in [0.25, 0.3) is 0 Å². The highest BCUT2D eigenvalue weighted by atomic mass is 16.7. The van der Waals surface area contributed by atoms with Gasteiger partial charge in [-0.2, -0.15) is 0 Å². The Morgan fingerprint density at radius 1 is 1.05 bits per heavy atom. The molecule has 2 heterocycles. The number of hydrogen-bond acceptors (Lipinski definition) is 9. The van der Waals surface area contributed by atoms with Gasteiger partial charge in [-0.05, 0) is 94.0 Å². The van der Waals surface area contributed by atoms with Crippen molar-refractivity contribution in [2.45, 2.75) is 114 Å². The third-order valence-electron chi connectivity index (χ3n) is 12.1. The minimum atomic E-state index is -1.11. The molecule has 13 atom stereocenters. The van der Waals surface area contributed by atoms with Gasteiger partial charge < -0.3 is 39.1 Å². The summed E-state index contributed by atoms with van der Waals surface area (Å²) >= 11 is 0. The number of aldehydes is 1. The van der Waals surface area contributed by atoms with Crippen molar-refractivity contribution in [3.05, 3.63) is 11.6 Å². The summed E-state index contributed by atoms with van der Waals surface area (Å²) < 4.78 is 22.6. The van der Waals surface area contributed by atoms with Crippen LogP contribution in [0.15, 0.2) is 11.6 Å². The van der Waals surface area contributed by atoms with E-state index in [9.17, 15) is 24.9 Å². The molecular formula is C30H44O9. The lowest BCUT2D eigenvalue weighted by Gasteiger charge is -2.63. The van der Waals surface area contributed by atoms with Gasteiger partial charge in [-0.1, -0.05) is 6.92 Å². The van der Waals surface area contributed by atoms with Gasteiger partial charge in [0, 0.05) is 24.0 Å². The molecule has 39 heavy (non-hydrogen) atoms.